The first-order valence-electron chi connectivity index (χ1n) is 8.61. The molecular formula is C21H22N2O3S. The van der Waals surface area contributed by atoms with E-state index in [4.69, 9.17) is 0 Å². The van der Waals surface area contributed by atoms with Gasteiger partial charge < -0.3 is 4.90 Å². The molecule has 0 aliphatic carbocycles. The quantitative estimate of drug-likeness (QED) is 0.658. The predicted molar refractivity (Wildman–Crippen MR) is 107 cm³/mol. The molecule has 0 N–H and O–H groups in total. The van der Waals surface area contributed by atoms with E-state index in [0.717, 1.165) is 20.6 Å². The molecule has 5 nitrogen and oxygen atoms in total. The molecule has 0 aromatic heterocycles. The van der Waals surface area contributed by atoms with Crippen molar-refractivity contribution in [1.29, 1.82) is 0 Å². The zero-order chi connectivity index (χ0) is 19.4. The smallest absolute Gasteiger partial charge is 0.243 e. The largest absolute Gasteiger partial charge is 0.340 e. The van der Waals surface area contributed by atoms with Crippen LogP contribution in [0, 0.1) is 0 Å². The summed E-state index contributed by atoms with van der Waals surface area (Å²) < 4.78 is 26.8. The number of hydrogen-bond acceptors (Lipinski definition) is 3. The van der Waals surface area contributed by atoms with E-state index in [0.29, 0.717) is 6.54 Å². The third-order valence-electron chi connectivity index (χ3n) is 4.48. The van der Waals surface area contributed by atoms with Crippen LogP contribution in [0.1, 0.15) is 5.56 Å². The number of carbonyl (C=O) groups excluding carboxylic acids is 1. The highest BCUT2D eigenvalue weighted by molar-refractivity contribution is 7.89. The van der Waals surface area contributed by atoms with Gasteiger partial charge in [-0.15, -0.1) is 0 Å². The van der Waals surface area contributed by atoms with Crippen molar-refractivity contribution in [2.75, 3.05) is 20.6 Å². The normalized spacial score (nSPS) is 11.7. The molecule has 0 unspecified atom stereocenters. The van der Waals surface area contributed by atoms with Crippen LogP contribution < -0.4 is 0 Å². The second-order valence-electron chi connectivity index (χ2n) is 6.51. The van der Waals surface area contributed by atoms with Crippen LogP contribution in [0.5, 0.6) is 0 Å². The van der Waals surface area contributed by atoms with Gasteiger partial charge in [0.2, 0.25) is 15.9 Å². The van der Waals surface area contributed by atoms with Crippen LogP contribution in [0.4, 0.5) is 0 Å². The lowest BCUT2D eigenvalue weighted by molar-refractivity contribution is -0.130. The topological polar surface area (TPSA) is 57.7 Å². The summed E-state index contributed by atoms with van der Waals surface area (Å²) in [4.78, 5) is 14.2. The molecule has 0 bridgehead atoms. The van der Waals surface area contributed by atoms with E-state index in [2.05, 4.69) is 0 Å². The molecule has 0 atom stereocenters. The molecule has 140 valence electrons. The molecule has 0 heterocycles. The van der Waals surface area contributed by atoms with E-state index in [1.54, 1.807) is 25.2 Å². The summed E-state index contributed by atoms with van der Waals surface area (Å²) in [5.74, 6) is -0.259. The Hall–Kier alpha value is -2.70. The number of carbonyl (C=O) groups is 1. The number of likely N-dealkylation sites (N-methyl/N-ethyl adjacent to an activating group) is 2. The van der Waals surface area contributed by atoms with Gasteiger partial charge in [-0.25, -0.2) is 8.42 Å². The summed E-state index contributed by atoms with van der Waals surface area (Å²) in [6, 6.07) is 22.1. The molecule has 6 heteroatoms. The van der Waals surface area contributed by atoms with Gasteiger partial charge in [-0.05, 0) is 28.5 Å². The van der Waals surface area contributed by atoms with Crippen LogP contribution in [0.25, 0.3) is 10.8 Å². The van der Waals surface area contributed by atoms with Crippen molar-refractivity contribution in [2.24, 2.45) is 0 Å². The fourth-order valence-corrected chi connectivity index (χ4v) is 4.01. The maximum absolute atomic E-state index is 12.8. The van der Waals surface area contributed by atoms with Gasteiger partial charge in [-0.2, -0.15) is 4.31 Å². The number of sulfonamides is 1. The monoisotopic (exact) mass is 382 g/mol. The van der Waals surface area contributed by atoms with Gasteiger partial charge in [-0.3, -0.25) is 4.79 Å². The summed E-state index contributed by atoms with van der Waals surface area (Å²) >= 11 is 0. The van der Waals surface area contributed by atoms with Crippen molar-refractivity contribution in [3.8, 4) is 0 Å². The minimum absolute atomic E-state index is 0.183. The summed E-state index contributed by atoms with van der Waals surface area (Å²) in [6.07, 6.45) is 0. The number of hydrogen-bond donors (Lipinski definition) is 0. The molecule has 0 radical (unpaired) electrons. The Morgan fingerprint density at radius 3 is 2.19 bits per heavy atom. The lowest BCUT2D eigenvalue weighted by atomic mass is 10.1. The van der Waals surface area contributed by atoms with Gasteiger partial charge in [0.05, 0.1) is 11.4 Å². The van der Waals surface area contributed by atoms with Crippen molar-refractivity contribution >= 4 is 26.7 Å². The first-order valence-corrected chi connectivity index (χ1v) is 10.0. The van der Waals surface area contributed by atoms with Gasteiger partial charge in [0.1, 0.15) is 0 Å². The molecule has 3 aromatic rings. The summed E-state index contributed by atoms with van der Waals surface area (Å²) in [5.41, 5.74) is 0.994. The summed E-state index contributed by atoms with van der Waals surface area (Å²) in [7, 11) is -0.644. The Morgan fingerprint density at radius 1 is 0.852 bits per heavy atom. The molecular weight excluding hydrogens is 360 g/mol. The zero-order valence-electron chi connectivity index (χ0n) is 15.4. The lowest BCUT2D eigenvalue weighted by Crippen LogP contribution is -2.39. The fourth-order valence-electron chi connectivity index (χ4n) is 2.85. The molecule has 0 saturated heterocycles. The molecule has 0 saturated carbocycles. The van der Waals surface area contributed by atoms with Gasteiger partial charge in [0.25, 0.3) is 0 Å². The Kier molecular flexibility index (Phi) is 5.58. The van der Waals surface area contributed by atoms with E-state index >= 15 is 0 Å². The van der Waals surface area contributed by atoms with E-state index in [9.17, 15) is 13.2 Å². The van der Waals surface area contributed by atoms with Crippen molar-refractivity contribution in [3.63, 3.8) is 0 Å². The number of nitrogens with zero attached hydrogens (tertiary/aromatic N) is 2. The average molecular weight is 382 g/mol. The Bertz CT molecular complexity index is 1050. The molecule has 0 aliphatic heterocycles. The first kappa shape index (κ1) is 19.1. The number of amides is 1. The molecule has 1 amide bonds. The summed E-state index contributed by atoms with van der Waals surface area (Å²) in [6.45, 7) is 0.224. The van der Waals surface area contributed by atoms with Crippen LogP contribution in [0.2, 0.25) is 0 Å². The Balaban J connectivity index is 1.73. The SMILES string of the molecule is CN(Cc1ccccc1)C(=O)CN(C)S(=O)(=O)c1ccc2ccccc2c1. The first-order chi connectivity index (χ1) is 12.9. The van der Waals surface area contributed by atoms with Gasteiger partial charge in [0, 0.05) is 20.6 Å². The van der Waals surface area contributed by atoms with Crippen LogP contribution >= 0.6 is 0 Å². The molecule has 27 heavy (non-hydrogen) atoms. The highest BCUT2D eigenvalue weighted by Gasteiger charge is 2.24. The van der Waals surface area contributed by atoms with E-state index in [-0.39, 0.29) is 17.3 Å². The Morgan fingerprint density at radius 2 is 1.48 bits per heavy atom. The standard InChI is InChI=1S/C21H22N2O3S/c1-22(15-17-8-4-3-5-9-17)21(24)16-23(2)27(25,26)20-13-12-18-10-6-7-11-19(18)14-20/h3-14H,15-16H2,1-2H3. The van der Waals surface area contributed by atoms with Gasteiger partial charge in [-0.1, -0.05) is 60.7 Å². The third kappa shape index (κ3) is 4.35. The highest BCUT2D eigenvalue weighted by atomic mass is 32.2. The van der Waals surface area contributed by atoms with Gasteiger partial charge in [0.15, 0.2) is 0 Å². The third-order valence-corrected chi connectivity index (χ3v) is 6.27. The van der Waals surface area contributed by atoms with Crippen molar-refractivity contribution in [2.45, 2.75) is 11.4 Å². The minimum atomic E-state index is -3.75. The summed E-state index contributed by atoms with van der Waals surface area (Å²) in [5, 5.41) is 1.82. The molecule has 3 rings (SSSR count). The van der Waals surface area contributed by atoms with Crippen LogP contribution in [-0.4, -0.2) is 44.2 Å². The van der Waals surface area contributed by atoms with E-state index in [1.807, 2.05) is 54.6 Å². The Labute approximate surface area is 159 Å². The van der Waals surface area contributed by atoms with Gasteiger partial charge >= 0.3 is 0 Å². The zero-order valence-corrected chi connectivity index (χ0v) is 16.2. The average Bonchev–Trinajstić information content (AvgIpc) is 2.68. The van der Waals surface area contributed by atoms with Crippen molar-refractivity contribution < 1.29 is 13.2 Å². The van der Waals surface area contributed by atoms with Crippen molar-refractivity contribution in [1.82, 2.24) is 9.21 Å². The molecule has 0 aliphatic rings. The predicted octanol–water partition coefficient (Wildman–Crippen LogP) is 3.12. The number of fused-ring (bicyclic) bond motifs is 1. The van der Waals surface area contributed by atoms with Crippen LogP contribution in [0.15, 0.2) is 77.7 Å². The van der Waals surface area contributed by atoms with E-state index in [1.165, 1.54) is 11.9 Å². The molecule has 3 aromatic carbocycles. The lowest BCUT2D eigenvalue weighted by Gasteiger charge is -2.22. The maximum atomic E-state index is 12.8. The minimum Gasteiger partial charge on any atom is -0.340 e. The number of rotatable bonds is 6. The maximum Gasteiger partial charge on any atom is 0.243 e. The second-order valence-corrected chi connectivity index (χ2v) is 8.55. The number of benzene rings is 3. The fraction of sp³-hybridized carbons (Fsp3) is 0.190. The molecule has 0 fully saturated rings. The highest BCUT2D eigenvalue weighted by Crippen LogP contribution is 2.21. The van der Waals surface area contributed by atoms with E-state index < -0.39 is 10.0 Å². The van der Waals surface area contributed by atoms with Crippen molar-refractivity contribution in [3.05, 3.63) is 78.4 Å². The van der Waals surface area contributed by atoms with Crippen LogP contribution in [0.3, 0.4) is 0 Å². The van der Waals surface area contributed by atoms with Crippen LogP contribution in [-0.2, 0) is 21.4 Å². The molecule has 0 spiro atoms. The second kappa shape index (κ2) is 7.90.